The number of rotatable bonds is 8. The highest BCUT2D eigenvalue weighted by molar-refractivity contribution is 5.86. The second-order valence-electron chi connectivity index (χ2n) is 2.77. The van der Waals surface area contributed by atoms with Crippen molar-refractivity contribution in [3.63, 3.8) is 0 Å². The molecule has 0 fully saturated rings. The maximum atomic E-state index is 10.5. The van der Waals surface area contributed by atoms with Crippen molar-refractivity contribution < 1.29 is 4.79 Å². The molecule has 0 aliphatic carbocycles. The third-order valence-electron chi connectivity index (χ3n) is 1.48. The minimum atomic E-state index is 0. The molecule has 0 aromatic rings. The molecule has 0 aliphatic rings. The summed E-state index contributed by atoms with van der Waals surface area (Å²) in [5.41, 5.74) is 5.29. The summed E-state index contributed by atoms with van der Waals surface area (Å²) in [6, 6.07) is 0. The van der Waals surface area contributed by atoms with Crippen molar-refractivity contribution >= 4 is 43.1 Å². The standard InChI is InChI=1S/C8H20N4O.3ClH/c1-8(13)12-7-6-11-5-4-10-3-2-9;;;/h10-11H,2-7,9H2,1H3,(H,12,13);3*1H. The summed E-state index contributed by atoms with van der Waals surface area (Å²) < 4.78 is 0. The Morgan fingerprint density at radius 2 is 1.38 bits per heavy atom. The molecule has 0 bridgehead atoms. The van der Waals surface area contributed by atoms with Gasteiger partial charge in [0.05, 0.1) is 0 Å². The van der Waals surface area contributed by atoms with Crippen molar-refractivity contribution in [2.45, 2.75) is 6.92 Å². The summed E-state index contributed by atoms with van der Waals surface area (Å²) in [6.45, 7) is 6.36. The van der Waals surface area contributed by atoms with Gasteiger partial charge in [0, 0.05) is 46.2 Å². The second kappa shape index (κ2) is 20.6. The fourth-order valence-electron chi connectivity index (χ4n) is 0.856. The zero-order valence-electron chi connectivity index (χ0n) is 9.45. The van der Waals surface area contributed by atoms with Crippen molar-refractivity contribution in [1.82, 2.24) is 16.0 Å². The van der Waals surface area contributed by atoms with E-state index in [1.54, 1.807) is 0 Å². The average molecular weight is 298 g/mol. The molecule has 0 heterocycles. The Morgan fingerprint density at radius 1 is 0.938 bits per heavy atom. The summed E-state index contributed by atoms with van der Waals surface area (Å²) in [4.78, 5) is 10.5. The summed E-state index contributed by atoms with van der Waals surface area (Å²) in [5, 5.41) is 9.05. The van der Waals surface area contributed by atoms with Crippen molar-refractivity contribution in [3.8, 4) is 0 Å². The van der Waals surface area contributed by atoms with Gasteiger partial charge in [0.15, 0.2) is 0 Å². The number of hydrogen-bond donors (Lipinski definition) is 4. The van der Waals surface area contributed by atoms with Crippen LogP contribution in [0.15, 0.2) is 0 Å². The quantitative estimate of drug-likeness (QED) is 0.457. The molecule has 102 valence electrons. The number of nitrogens with one attached hydrogen (secondary N) is 3. The van der Waals surface area contributed by atoms with Gasteiger partial charge < -0.3 is 21.7 Å². The fraction of sp³-hybridized carbons (Fsp3) is 0.875. The Morgan fingerprint density at radius 3 is 1.81 bits per heavy atom. The number of hydrogen-bond acceptors (Lipinski definition) is 4. The smallest absolute Gasteiger partial charge is 0.216 e. The van der Waals surface area contributed by atoms with Gasteiger partial charge in [-0.2, -0.15) is 0 Å². The van der Waals surface area contributed by atoms with Gasteiger partial charge in [0.25, 0.3) is 0 Å². The summed E-state index contributed by atoms with van der Waals surface area (Å²) >= 11 is 0. The molecule has 0 rings (SSSR count). The minimum absolute atomic E-state index is 0. The van der Waals surface area contributed by atoms with Crippen LogP contribution in [-0.4, -0.2) is 45.2 Å². The largest absolute Gasteiger partial charge is 0.355 e. The highest BCUT2D eigenvalue weighted by atomic mass is 35.5. The summed E-state index contributed by atoms with van der Waals surface area (Å²) in [7, 11) is 0. The van der Waals surface area contributed by atoms with Crippen molar-refractivity contribution in [2.75, 3.05) is 39.3 Å². The van der Waals surface area contributed by atoms with E-state index in [0.29, 0.717) is 13.1 Å². The topological polar surface area (TPSA) is 79.2 Å². The van der Waals surface area contributed by atoms with Crippen LogP contribution in [0.5, 0.6) is 0 Å². The summed E-state index contributed by atoms with van der Waals surface area (Å²) in [6.07, 6.45) is 0. The monoisotopic (exact) mass is 296 g/mol. The van der Waals surface area contributed by atoms with Crippen LogP contribution in [0.2, 0.25) is 0 Å². The van der Waals surface area contributed by atoms with Gasteiger partial charge in [0.1, 0.15) is 0 Å². The van der Waals surface area contributed by atoms with Crippen LogP contribution in [-0.2, 0) is 4.79 Å². The van der Waals surface area contributed by atoms with E-state index in [4.69, 9.17) is 5.73 Å². The van der Waals surface area contributed by atoms with Gasteiger partial charge in [0.2, 0.25) is 5.91 Å². The molecular weight excluding hydrogens is 274 g/mol. The van der Waals surface area contributed by atoms with E-state index in [2.05, 4.69) is 16.0 Å². The minimum Gasteiger partial charge on any atom is -0.355 e. The Hall–Kier alpha value is 0.220. The highest BCUT2D eigenvalue weighted by Crippen LogP contribution is 1.62. The van der Waals surface area contributed by atoms with E-state index in [0.717, 1.165) is 26.2 Å². The number of halogens is 3. The molecule has 0 radical (unpaired) electrons. The molecule has 1 amide bonds. The first-order valence-electron chi connectivity index (χ1n) is 4.63. The zero-order valence-corrected chi connectivity index (χ0v) is 11.9. The second-order valence-corrected chi connectivity index (χ2v) is 2.77. The lowest BCUT2D eigenvalue weighted by molar-refractivity contribution is -0.118. The van der Waals surface area contributed by atoms with Gasteiger partial charge in [-0.25, -0.2) is 0 Å². The van der Waals surface area contributed by atoms with Crippen molar-refractivity contribution in [2.24, 2.45) is 5.73 Å². The van der Waals surface area contributed by atoms with E-state index < -0.39 is 0 Å². The van der Waals surface area contributed by atoms with Gasteiger partial charge in [-0.15, -0.1) is 37.2 Å². The number of carbonyl (C=O) groups excluding carboxylic acids is 1. The van der Waals surface area contributed by atoms with Crippen LogP contribution in [0.1, 0.15) is 6.92 Å². The molecule has 16 heavy (non-hydrogen) atoms. The Labute approximate surface area is 116 Å². The lowest BCUT2D eigenvalue weighted by atomic mass is 10.5. The molecule has 0 saturated heterocycles. The first kappa shape index (κ1) is 25.2. The van der Waals surface area contributed by atoms with Gasteiger partial charge >= 0.3 is 0 Å². The third kappa shape index (κ3) is 23.8. The van der Waals surface area contributed by atoms with E-state index in [-0.39, 0.29) is 43.1 Å². The molecule has 5 N–H and O–H groups in total. The van der Waals surface area contributed by atoms with Crippen LogP contribution >= 0.6 is 37.2 Å². The van der Waals surface area contributed by atoms with E-state index in [9.17, 15) is 4.79 Å². The molecule has 0 saturated carbocycles. The number of carbonyl (C=O) groups is 1. The molecule has 0 atom stereocenters. The predicted octanol–water partition coefficient (Wildman–Crippen LogP) is -0.474. The zero-order chi connectivity index (χ0) is 9.94. The first-order chi connectivity index (χ1) is 6.27. The Bertz CT molecular complexity index is 140. The van der Waals surface area contributed by atoms with Crippen LogP contribution in [0.25, 0.3) is 0 Å². The number of amides is 1. The molecular formula is C8H23Cl3N4O. The maximum Gasteiger partial charge on any atom is 0.216 e. The fourth-order valence-corrected chi connectivity index (χ4v) is 0.856. The highest BCUT2D eigenvalue weighted by Gasteiger charge is 1.89. The van der Waals surface area contributed by atoms with Gasteiger partial charge in [-0.05, 0) is 0 Å². The van der Waals surface area contributed by atoms with E-state index >= 15 is 0 Å². The number of nitrogens with two attached hydrogens (primary N) is 1. The van der Waals surface area contributed by atoms with Crippen LogP contribution in [0.3, 0.4) is 0 Å². The molecule has 0 aromatic heterocycles. The van der Waals surface area contributed by atoms with Gasteiger partial charge in [-0.1, -0.05) is 0 Å². The van der Waals surface area contributed by atoms with Gasteiger partial charge in [-0.3, -0.25) is 4.79 Å². The van der Waals surface area contributed by atoms with Crippen molar-refractivity contribution in [1.29, 1.82) is 0 Å². The molecule has 8 heteroatoms. The van der Waals surface area contributed by atoms with Crippen LogP contribution in [0, 0.1) is 0 Å². The molecule has 0 spiro atoms. The average Bonchev–Trinajstić information content (AvgIpc) is 2.09. The lowest BCUT2D eigenvalue weighted by Gasteiger charge is -2.05. The third-order valence-corrected chi connectivity index (χ3v) is 1.48. The molecule has 0 aromatic carbocycles. The Balaban J connectivity index is -0.000000240. The van der Waals surface area contributed by atoms with E-state index in [1.165, 1.54) is 6.92 Å². The van der Waals surface area contributed by atoms with Crippen LogP contribution in [0.4, 0.5) is 0 Å². The van der Waals surface area contributed by atoms with Crippen LogP contribution < -0.4 is 21.7 Å². The first-order valence-corrected chi connectivity index (χ1v) is 4.63. The predicted molar refractivity (Wildman–Crippen MR) is 75.2 cm³/mol. The van der Waals surface area contributed by atoms with Crippen molar-refractivity contribution in [3.05, 3.63) is 0 Å². The molecule has 0 unspecified atom stereocenters. The van der Waals surface area contributed by atoms with E-state index in [1.807, 2.05) is 0 Å². The SMILES string of the molecule is CC(=O)NCCNCCNCCN.Cl.Cl.Cl. The molecule has 5 nitrogen and oxygen atoms in total. The normalized spacial score (nSPS) is 8.12. The molecule has 0 aliphatic heterocycles. The summed E-state index contributed by atoms with van der Waals surface area (Å²) in [5.74, 6) is 0.0167. The Kier molecular flexibility index (Phi) is 32.4. The lowest BCUT2D eigenvalue weighted by Crippen LogP contribution is -2.35. The maximum absolute atomic E-state index is 10.5.